The number of aryl methyl sites for hydroxylation is 1. The second kappa shape index (κ2) is 13.7. The third kappa shape index (κ3) is 9.28. The molecule has 2 aromatic carbocycles. The van der Waals surface area contributed by atoms with E-state index in [0.717, 1.165) is 29.5 Å². The maximum atomic E-state index is 13.3. The molecule has 2 aromatic rings. The van der Waals surface area contributed by atoms with Gasteiger partial charge >= 0.3 is 0 Å². The van der Waals surface area contributed by atoms with Crippen molar-refractivity contribution in [1.82, 2.24) is 5.32 Å². The number of ketones is 2. The minimum Gasteiger partial charge on any atom is -0.346 e. The predicted octanol–water partition coefficient (Wildman–Crippen LogP) is 2.89. The van der Waals surface area contributed by atoms with Crippen LogP contribution in [0.25, 0.3) is 0 Å². The molecule has 1 amide bonds. The molecule has 178 valence electrons. The number of carbonyl (C=O) groups excluding carboxylic acids is 3. The normalized spacial score (nSPS) is 13.7. The highest BCUT2D eigenvalue weighted by molar-refractivity contribution is 5.93. The number of Topliss-reactive ketones (excluding diaryl/α,β-unsaturated/α-hetero) is 2. The highest BCUT2D eigenvalue weighted by Gasteiger charge is 2.28. The Hall–Kier alpha value is -2.83. The van der Waals surface area contributed by atoms with E-state index in [2.05, 4.69) is 5.32 Å². The van der Waals surface area contributed by atoms with Gasteiger partial charge in [-0.05, 0) is 57.2 Å². The van der Waals surface area contributed by atoms with Gasteiger partial charge in [0.05, 0.1) is 12.1 Å². The van der Waals surface area contributed by atoms with Crippen molar-refractivity contribution in [3.63, 3.8) is 0 Å². The molecule has 0 fully saturated rings. The summed E-state index contributed by atoms with van der Waals surface area (Å²) in [6.07, 6.45) is 2.74. The van der Waals surface area contributed by atoms with Gasteiger partial charge in [-0.1, -0.05) is 60.2 Å². The van der Waals surface area contributed by atoms with Crippen molar-refractivity contribution in [3.05, 3.63) is 71.3 Å². The molecule has 1 unspecified atom stereocenters. The summed E-state index contributed by atoms with van der Waals surface area (Å²) in [5, 5.41) is 2.95. The maximum Gasteiger partial charge on any atom is 0.224 e. The summed E-state index contributed by atoms with van der Waals surface area (Å²) < 4.78 is 0. The van der Waals surface area contributed by atoms with Crippen molar-refractivity contribution in [3.8, 4) is 0 Å². The molecule has 0 bridgehead atoms. The molecule has 0 radical (unpaired) electrons. The topological polar surface area (TPSA) is 115 Å². The van der Waals surface area contributed by atoms with Crippen LogP contribution in [0.2, 0.25) is 0 Å². The Labute approximate surface area is 197 Å². The minimum atomic E-state index is -0.639. The van der Waals surface area contributed by atoms with E-state index >= 15 is 0 Å². The molecule has 0 aliphatic rings. The molecule has 6 nitrogen and oxygen atoms in total. The number of hydrogen-bond acceptors (Lipinski definition) is 5. The van der Waals surface area contributed by atoms with Crippen LogP contribution in [-0.4, -0.2) is 36.1 Å². The van der Waals surface area contributed by atoms with E-state index in [1.807, 2.05) is 61.5 Å². The Bertz CT molecular complexity index is 895. The van der Waals surface area contributed by atoms with E-state index in [9.17, 15) is 14.4 Å². The number of nitrogens with one attached hydrogen (secondary N) is 1. The number of unbranched alkanes of at least 4 members (excludes halogenated alkanes) is 1. The fraction of sp³-hybridized carbons (Fsp3) is 0.444. The van der Waals surface area contributed by atoms with E-state index in [-0.39, 0.29) is 30.3 Å². The zero-order chi connectivity index (χ0) is 24.2. The SMILES string of the molecule is Cc1ccc(CC(=O)C(CCCCN)NC(=O)[C@H](CC(=O)[C@H](C)N)Cc2ccccc2)cc1. The molecular weight excluding hydrogens is 414 g/mol. The predicted molar refractivity (Wildman–Crippen MR) is 132 cm³/mol. The summed E-state index contributed by atoms with van der Waals surface area (Å²) in [6.45, 7) is 4.16. The Morgan fingerprint density at radius 3 is 2.18 bits per heavy atom. The average molecular weight is 452 g/mol. The molecule has 0 aromatic heterocycles. The summed E-state index contributed by atoms with van der Waals surface area (Å²) in [4.78, 5) is 38.7. The number of carbonyl (C=O) groups is 3. The monoisotopic (exact) mass is 451 g/mol. The first-order valence-electron chi connectivity index (χ1n) is 11.7. The average Bonchev–Trinajstić information content (AvgIpc) is 2.80. The van der Waals surface area contributed by atoms with Crippen LogP contribution in [0.4, 0.5) is 0 Å². The van der Waals surface area contributed by atoms with Crippen LogP contribution in [0.5, 0.6) is 0 Å². The Kier molecular flexibility index (Phi) is 10.9. The summed E-state index contributed by atoms with van der Waals surface area (Å²) in [6, 6.07) is 16.1. The molecule has 0 spiro atoms. The van der Waals surface area contributed by atoms with E-state index in [4.69, 9.17) is 11.5 Å². The molecule has 0 aliphatic heterocycles. The van der Waals surface area contributed by atoms with E-state index < -0.39 is 18.0 Å². The number of nitrogens with two attached hydrogens (primary N) is 2. The maximum absolute atomic E-state index is 13.3. The lowest BCUT2D eigenvalue weighted by Crippen LogP contribution is -2.45. The van der Waals surface area contributed by atoms with Gasteiger partial charge in [0.2, 0.25) is 5.91 Å². The van der Waals surface area contributed by atoms with Gasteiger partial charge in [-0.3, -0.25) is 14.4 Å². The lowest BCUT2D eigenvalue weighted by Gasteiger charge is -2.23. The summed E-state index contributed by atoms with van der Waals surface area (Å²) in [7, 11) is 0. The lowest BCUT2D eigenvalue weighted by molar-refractivity contribution is -0.132. The summed E-state index contributed by atoms with van der Waals surface area (Å²) in [5.41, 5.74) is 14.4. The third-order valence-corrected chi connectivity index (χ3v) is 5.80. The lowest BCUT2D eigenvalue weighted by atomic mass is 9.90. The van der Waals surface area contributed by atoms with Crippen LogP contribution in [0.15, 0.2) is 54.6 Å². The zero-order valence-electron chi connectivity index (χ0n) is 19.8. The molecule has 6 heteroatoms. The third-order valence-electron chi connectivity index (χ3n) is 5.80. The van der Waals surface area contributed by atoms with Crippen LogP contribution >= 0.6 is 0 Å². The fourth-order valence-electron chi connectivity index (χ4n) is 3.71. The van der Waals surface area contributed by atoms with E-state index in [1.165, 1.54) is 0 Å². The zero-order valence-corrected chi connectivity index (χ0v) is 19.8. The molecule has 33 heavy (non-hydrogen) atoms. The highest BCUT2D eigenvalue weighted by Crippen LogP contribution is 2.16. The molecule has 0 heterocycles. The van der Waals surface area contributed by atoms with Crippen molar-refractivity contribution in [2.45, 2.75) is 64.5 Å². The second-order valence-corrected chi connectivity index (χ2v) is 8.82. The molecule has 2 rings (SSSR count). The van der Waals surface area contributed by atoms with Gasteiger partial charge in [-0.15, -0.1) is 0 Å². The first-order valence-corrected chi connectivity index (χ1v) is 11.7. The fourth-order valence-corrected chi connectivity index (χ4v) is 3.71. The number of benzene rings is 2. The highest BCUT2D eigenvalue weighted by atomic mass is 16.2. The van der Waals surface area contributed by atoms with Crippen LogP contribution < -0.4 is 16.8 Å². The Morgan fingerprint density at radius 1 is 0.909 bits per heavy atom. The van der Waals surface area contributed by atoms with Gasteiger partial charge in [0, 0.05) is 18.8 Å². The standard InChI is InChI=1S/C27H37N3O3/c1-19-11-13-22(14-12-19)17-26(32)24(10-6-7-15-28)30-27(33)23(18-25(31)20(2)29)16-21-8-4-3-5-9-21/h3-5,8-9,11-14,20,23-24H,6-7,10,15-18,28-29H2,1-2H3,(H,30,33)/t20-,23-,24?/m0/s1. The van der Waals surface area contributed by atoms with E-state index in [0.29, 0.717) is 19.4 Å². The Balaban J connectivity index is 2.15. The molecule has 0 saturated carbocycles. The molecule has 5 N–H and O–H groups in total. The van der Waals surface area contributed by atoms with Gasteiger partial charge < -0.3 is 16.8 Å². The summed E-state index contributed by atoms with van der Waals surface area (Å²) in [5.74, 6) is -1.09. The van der Waals surface area contributed by atoms with Crippen molar-refractivity contribution in [1.29, 1.82) is 0 Å². The van der Waals surface area contributed by atoms with E-state index in [1.54, 1.807) is 6.92 Å². The number of rotatable bonds is 14. The second-order valence-electron chi connectivity index (χ2n) is 8.82. The summed E-state index contributed by atoms with van der Waals surface area (Å²) >= 11 is 0. The van der Waals surface area contributed by atoms with Crippen LogP contribution in [0.1, 0.15) is 49.3 Å². The first-order chi connectivity index (χ1) is 15.8. The van der Waals surface area contributed by atoms with Gasteiger partial charge in [0.15, 0.2) is 5.78 Å². The molecule has 3 atom stereocenters. The quantitative estimate of drug-likeness (QED) is 0.382. The van der Waals surface area contributed by atoms with Gasteiger partial charge in [0.25, 0.3) is 0 Å². The number of amides is 1. The molecule has 0 saturated heterocycles. The van der Waals surface area contributed by atoms with Gasteiger partial charge in [-0.2, -0.15) is 0 Å². The minimum absolute atomic E-state index is 0.0406. The van der Waals surface area contributed by atoms with Crippen molar-refractivity contribution < 1.29 is 14.4 Å². The smallest absolute Gasteiger partial charge is 0.224 e. The molecular formula is C27H37N3O3. The van der Waals surface area contributed by atoms with Gasteiger partial charge in [0.1, 0.15) is 5.78 Å². The first kappa shape index (κ1) is 26.4. The van der Waals surface area contributed by atoms with Gasteiger partial charge in [-0.25, -0.2) is 0 Å². The Morgan fingerprint density at radius 2 is 1.58 bits per heavy atom. The van der Waals surface area contributed by atoms with Crippen LogP contribution in [0, 0.1) is 12.8 Å². The van der Waals surface area contributed by atoms with Crippen LogP contribution in [-0.2, 0) is 27.2 Å². The van der Waals surface area contributed by atoms with Crippen LogP contribution in [0.3, 0.4) is 0 Å². The largest absolute Gasteiger partial charge is 0.346 e. The number of hydrogen-bond donors (Lipinski definition) is 3. The van der Waals surface area contributed by atoms with Crippen molar-refractivity contribution in [2.75, 3.05) is 6.54 Å². The molecule has 0 aliphatic carbocycles. The van der Waals surface area contributed by atoms with Crippen molar-refractivity contribution in [2.24, 2.45) is 17.4 Å². The van der Waals surface area contributed by atoms with Crippen molar-refractivity contribution >= 4 is 17.5 Å².